The van der Waals surface area contributed by atoms with Gasteiger partial charge >= 0.3 is 0 Å². The summed E-state index contributed by atoms with van der Waals surface area (Å²) in [6.45, 7) is 6.97. The van der Waals surface area contributed by atoms with E-state index in [1.54, 1.807) is 0 Å². The first-order valence-electron chi connectivity index (χ1n) is 9.59. The number of hydrogen-bond acceptors (Lipinski definition) is 3. The number of nitrogens with one attached hydrogen (secondary N) is 2. The topological polar surface area (TPSA) is 57.5 Å². The molecule has 3 rings (SSSR count). The number of halogens is 1. The standard InChI is InChI=1S/C20H29ClN6/c1-16-5-6-18(21)13-19(16)26-12-7-17(15-26)14-24-20(22-2)23-8-3-10-27-11-4-9-25-27/h4-6,9,11,13,17H,3,7-8,10,12,14-15H2,1-2H3,(H2,22,23,24). The van der Waals surface area contributed by atoms with Gasteiger partial charge in [-0.05, 0) is 49.4 Å². The summed E-state index contributed by atoms with van der Waals surface area (Å²) in [4.78, 5) is 6.77. The second-order valence-electron chi connectivity index (χ2n) is 7.03. The fraction of sp³-hybridized carbons (Fsp3) is 0.500. The van der Waals surface area contributed by atoms with E-state index in [1.807, 2.05) is 36.3 Å². The van der Waals surface area contributed by atoms with Crippen molar-refractivity contribution in [3.05, 3.63) is 47.2 Å². The van der Waals surface area contributed by atoms with Crippen molar-refractivity contribution in [1.29, 1.82) is 0 Å². The lowest BCUT2D eigenvalue weighted by molar-refractivity contribution is 0.553. The molecule has 1 unspecified atom stereocenters. The molecule has 0 spiro atoms. The fourth-order valence-electron chi connectivity index (χ4n) is 3.48. The number of guanidine groups is 1. The van der Waals surface area contributed by atoms with Gasteiger partial charge in [-0.25, -0.2) is 0 Å². The molecule has 1 aromatic carbocycles. The predicted molar refractivity (Wildman–Crippen MR) is 113 cm³/mol. The van der Waals surface area contributed by atoms with Crippen LogP contribution in [0.4, 0.5) is 5.69 Å². The maximum Gasteiger partial charge on any atom is 0.190 e. The van der Waals surface area contributed by atoms with Crippen LogP contribution in [0.1, 0.15) is 18.4 Å². The highest BCUT2D eigenvalue weighted by molar-refractivity contribution is 6.30. The first kappa shape index (κ1) is 19.5. The van der Waals surface area contributed by atoms with Crippen LogP contribution in [0.3, 0.4) is 0 Å². The van der Waals surface area contributed by atoms with Crippen LogP contribution in [-0.4, -0.2) is 49.0 Å². The van der Waals surface area contributed by atoms with Gasteiger partial charge in [0.05, 0.1) is 0 Å². The Morgan fingerprint density at radius 2 is 2.26 bits per heavy atom. The molecule has 2 aromatic rings. The quantitative estimate of drug-likeness (QED) is 0.435. The molecule has 1 aromatic heterocycles. The zero-order valence-electron chi connectivity index (χ0n) is 16.2. The average Bonchev–Trinajstić information content (AvgIpc) is 3.35. The third-order valence-corrected chi connectivity index (χ3v) is 5.23. The van der Waals surface area contributed by atoms with Crippen molar-refractivity contribution in [2.24, 2.45) is 10.9 Å². The Hall–Kier alpha value is -2.21. The van der Waals surface area contributed by atoms with E-state index in [-0.39, 0.29) is 0 Å². The Balaban J connectivity index is 1.39. The Labute approximate surface area is 166 Å². The minimum Gasteiger partial charge on any atom is -0.371 e. The molecule has 6 nitrogen and oxygen atoms in total. The molecule has 146 valence electrons. The summed E-state index contributed by atoms with van der Waals surface area (Å²) in [5, 5.41) is 11.9. The lowest BCUT2D eigenvalue weighted by atomic mass is 10.1. The van der Waals surface area contributed by atoms with E-state index in [1.165, 1.54) is 17.7 Å². The molecule has 1 aliphatic rings. The van der Waals surface area contributed by atoms with Crippen LogP contribution in [-0.2, 0) is 6.54 Å². The van der Waals surface area contributed by atoms with E-state index in [0.29, 0.717) is 5.92 Å². The van der Waals surface area contributed by atoms with Gasteiger partial charge in [-0.15, -0.1) is 0 Å². The van der Waals surface area contributed by atoms with Gasteiger partial charge in [0.1, 0.15) is 0 Å². The number of nitrogens with zero attached hydrogens (tertiary/aromatic N) is 4. The molecule has 27 heavy (non-hydrogen) atoms. The van der Waals surface area contributed by atoms with Crippen molar-refractivity contribution in [2.75, 3.05) is 38.1 Å². The molecule has 0 saturated carbocycles. The van der Waals surface area contributed by atoms with Gasteiger partial charge in [0.2, 0.25) is 0 Å². The molecule has 0 radical (unpaired) electrons. The molecule has 0 bridgehead atoms. The Bertz CT molecular complexity index is 743. The van der Waals surface area contributed by atoms with Crippen molar-refractivity contribution < 1.29 is 0 Å². The molecule has 0 amide bonds. The fourth-order valence-corrected chi connectivity index (χ4v) is 3.65. The van der Waals surface area contributed by atoms with Crippen molar-refractivity contribution >= 4 is 23.2 Å². The summed E-state index contributed by atoms with van der Waals surface area (Å²) in [5.74, 6) is 1.47. The Morgan fingerprint density at radius 3 is 3.04 bits per heavy atom. The minimum atomic E-state index is 0.603. The van der Waals surface area contributed by atoms with E-state index in [2.05, 4.69) is 44.7 Å². The number of benzene rings is 1. The van der Waals surface area contributed by atoms with E-state index in [0.717, 1.165) is 50.1 Å². The zero-order valence-corrected chi connectivity index (χ0v) is 16.9. The largest absolute Gasteiger partial charge is 0.371 e. The second-order valence-corrected chi connectivity index (χ2v) is 7.47. The molecule has 7 heteroatoms. The summed E-state index contributed by atoms with van der Waals surface area (Å²) < 4.78 is 1.95. The van der Waals surface area contributed by atoms with E-state index in [4.69, 9.17) is 11.6 Å². The van der Waals surface area contributed by atoms with Gasteiger partial charge in [-0.1, -0.05) is 17.7 Å². The van der Waals surface area contributed by atoms with Crippen LogP contribution in [0, 0.1) is 12.8 Å². The number of aryl methyl sites for hydroxylation is 2. The summed E-state index contributed by atoms with van der Waals surface area (Å²) >= 11 is 6.18. The molecule has 1 saturated heterocycles. The van der Waals surface area contributed by atoms with Crippen LogP contribution in [0.5, 0.6) is 0 Å². The van der Waals surface area contributed by atoms with Gasteiger partial charge in [0.15, 0.2) is 5.96 Å². The molecule has 1 atom stereocenters. The molecule has 0 aliphatic carbocycles. The summed E-state index contributed by atoms with van der Waals surface area (Å²) in [7, 11) is 1.82. The average molecular weight is 389 g/mol. The monoisotopic (exact) mass is 388 g/mol. The third-order valence-electron chi connectivity index (χ3n) is 5.00. The van der Waals surface area contributed by atoms with Crippen LogP contribution >= 0.6 is 11.6 Å². The van der Waals surface area contributed by atoms with Gasteiger partial charge in [0.25, 0.3) is 0 Å². The highest BCUT2D eigenvalue weighted by Crippen LogP contribution is 2.29. The van der Waals surface area contributed by atoms with E-state index >= 15 is 0 Å². The molecule has 1 fully saturated rings. The smallest absolute Gasteiger partial charge is 0.190 e. The van der Waals surface area contributed by atoms with E-state index < -0.39 is 0 Å². The van der Waals surface area contributed by atoms with Crippen molar-refractivity contribution in [3.8, 4) is 0 Å². The minimum absolute atomic E-state index is 0.603. The lowest BCUT2D eigenvalue weighted by Crippen LogP contribution is -2.40. The summed E-state index contributed by atoms with van der Waals surface area (Å²) in [6, 6.07) is 8.08. The van der Waals surface area contributed by atoms with Gasteiger partial charge in [0, 0.05) is 62.9 Å². The molecule has 1 aliphatic heterocycles. The molecule has 2 N–H and O–H groups in total. The third kappa shape index (κ3) is 5.63. The van der Waals surface area contributed by atoms with Gasteiger partial charge in [-0.3, -0.25) is 9.67 Å². The van der Waals surface area contributed by atoms with Crippen molar-refractivity contribution in [1.82, 2.24) is 20.4 Å². The normalized spacial score (nSPS) is 17.4. The second kappa shape index (κ2) is 9.65. The Kier molecular flexibility index (Phi) is 6.98. The van der Waals surface area contributed by atoms with Crippen LogP contribution < -0.4 is 15.5 Å². The molecular formula is C20H29ClN6. The van der Waals surface area contributed by atoms with Crippen LogP contribution in [0.25, 0.3) is 0 Å². The first-order valence-corrected chi connectivity index (χ1v) is 9.96. The number of anilines is 1. The zero-order chi connectivity index (χ0) is 19.1. The number of rotatable bonds is 7. The van der Waals surface area contributed by atoms with Crippen LogP contribution in [0.15, 0.2) is 41.7 Å². The van der Waals surface area contributed by atoms with Gasteiger partial charge in [-0.2, -0.15) is 5.10 Å². The highest BCUT2D eigenvalue weighted by Gasteiger charge is 2.23. The maximum absolute atomic E-state index is 6.18. The van der Waals surface area contributed by atoms with Crippen LogP contribution in [0.2, 0.25) is 5.02 Å². The molecule has 2 heterocycles. The van der Waals surface area contributed by atoms with E-state index in [9.17, 15) is 0 Å². The van der Waals surface area contributed by atoms with Crippen molar-refractivity contribution in [3.63, 3.8) is 0 Å². The van der Waals surface area contributed by atoms with Crippen molar-refractivity contribution in [2.45, 2.75) is 26.3 Å². The number of aromatic nitrogens is 2. The lowest BCUT2D eigenvalue weighted by Gasteiger charge is -2.21. The molecular weight excluding hydrogens is 360 g/mol. The SMILES string of the molecule is CN=C(NCCCn1cccn1)NCC1CCN(c2cc(Cl)ccc2C)C1. The maximum atomic E-state index is 6.18. The highest BCUT2D eigenvalue weighted by atomic mass is 35.5. The Morgan fingerprint density at radius 1 is 1.37 bits per heavy atom. The summed E-state index contributed by atoms with van der Waals surface area (Å²) in [5.41, 5.74) is 2.54. The number of aliphatic imine (C=N–C) groups is 1. The predicted octanol–water partition coefficient (Wildman–Crippen LogP) is 2.93. The number of hydrogen-bond donors (Lipinski definition) is 2. The first-order chi connectivity index (χ1) is 13.2. The summed E-state index contributed by atoms with van der Waals surface area (Å²) in [6.07, 6.45) is 5.98. The van der Waals surface area contributed by atoms with Gasteiger partial charge < -0.3 is 15.5 Å².